The first-order valence-corrected chi connectivity index (χ1v) is 12.2. The van der Waals surface area contributed by atoms with Crippen molar-refractivity contribution in [3.63, 3.8) is 0 Å². The van der Waals surface area contributed by atoms with E-state index in [2.05, 4.69) is 35.5 Å². The Morgan fingerprint density at radius 1 is 1.16 bits per heavy atom. The maximum atomic E-state index is 12.1. The molecular formula is C22H27N7OS2. The van der Waals surface area contributed by atoms with E-state index in [4.69, 9.17) is 0 Å². The van der Waals surface area contributed by atoms with Gasteiger partial charge in [0.15, 0.2) is 10.3 Å². The SMILES string of the molecule is Cc1cnc(Nc2nc(NCCN(C)C)nc(Sc3ccc(CC(=O)C4CC4)cc3)n2)s1. The average molecular weight is 470 g/mol. The number of hydrogen-bond donors (Lipinski definition) is 2. The molecule has 1 aliphatic rings. The number of aromatic nitrogens is 4. The van der Waals surface area contributed by atoms with Gasteiger partial charge in [-0.05, 0) is 63.3 Å². The Bertz CT molecular complexity index is 1060. The van der Waals surface area contributed by atoms with Crippen LogP contribution in [0.5, 0.6) is 0 Å². The zero-order chi connectivity index (χ0) is 22.5. The minimum Gasteiger partial charge on any atom is -0.353 e. The standard InChI is InChI=1S/C22H27N7OS2/c1-14-13-24-21(31-14)27-20-25-19(23-10-11-29(2)3)26-22(28-20)32-17-8-4-15(5-9-17)12-18(30)16-6-7-16/h4-5,8-9,13,16H,6-7,10-12H2,1-3H3,(H2,23,24,25,26,27,28). The Labute approximate surface area is 196 Å². The molecule has 4 rings (SSSR count). The van der Waals surface area contributed by atoms with Crippen LogP contribution in [-0.2, 0) is 11.2 Å². The molecule has 2 aromatic heterocycles. The molecule has 1 saturated carbocycles. The smallest absolute Gasteiger partial charge is 0.234 e. The number of rotatable bonds is 11. The van der Waals surface area contributed by atoms with Crippen LogP contribution in [0, 0.1) is 12.8 Å². The highest BCUT2D eigenvalue weighted by atomic mass is 32.2. The number of thiazole rings is 1. The summed E-state index contributed by atoms with van der Waals surface area (Å²) in [6.07, 6.45) is 4.43. The van der Waals surface area contributed by atoms with Gasteiger partial charge in [-0.25, -0.2) is 4.98 Å². The molecule has 3 aromatic rings. The van der Waals surface area contributed by atoms with Gasteiger partial charge in [-0.1, -0.05) is 12.1 Å². The first kappa shape index (κ1) is 22.6. The van der Waals surface area contributed by atoms with Crippen molar-refractivity contribution >= 4 is 45.9 Å². The van der Waals surface area contributed by atoms with E-state index < -0.39 is 0 Å². The summed E-state index contributed by atoms with van der Waals surface area (Å²) in [7, 11) is 4.05. The number of carbonyl (C=O) groups is 1. The van der Waals surface area contributed by atoms with Gasteiger partial charge in [0.2, 0.25) is 11.9 Å². The molecule has 0 spiro atoms. The fraction of sp³-hybridized carbons (Fsp3) is 0.409. The van der Waals surface area contributed by atoms with E-state index in [1.807, 2.05) is 51.5 Å². The van der Waals surface area contributed by atoms with Crippen LogP contribution in [0.1, 0.15) is 23.3 Å². The number of nitrogens with one attached hydrogen (secondary N) is 2. The van der Waals surface area contributed by atoms with E-state index in [1.54, 1.807) is 11.3 Å². The summed E-state index contributed by atoms with van der Waals surface area (Å²) >= 11 is 3.01. The van der Waals surface area contributed by atoms with Crippen molar-refractivity contribution in [1.82, 2.24) is 24.8 Å². The molecule has 168 valence electrons. The molecule has 32 heavy (non-hydrogen) atoms. The molecule has 0 aliphatic heterocycles. The minimum absolute atomic E-state index is 0.292. The Hall–Kier alpha value is -2.56. The zero-order valence-electron chi connectivity index (χ0n) is 18.5. The third kappa shape index (κ3) is 6.72. The van der Waals surface area contributed by atoms with Crippen molar-refractivity contribution in [3.8, 4) is 0 Å². The molecule has 8 nitrogen and oxygen atoms in total. The van der Waals surface area contributed by atoms with E-state index in [1.165, 1.54) is 11.8 Å². The van der Waals surface area contributed by atoms with Gasteiger partial charge in [-0.2, -0.15) is 15.0 Å². The summed E-state index contributed by atoms with van der Waals surface area (Å²) in [6, 6.07) is 8.05. The Morgan fingerprint density at radius 2 is 1.91 bits per heavy atom. The minimum atomic E-state index is 0.292. The van der Waals surface area contributed by atoms with Gasteiger partial charge < -0.3 is 10.2 Å². The normalized spacial score (nSPS) is 13.4. The number of nitrogens with zero attached hydrogens (tertiary/aromatic N) is 5. The quantitative estimate of drug-likeness (QED) is 0.431. The Balaban J connectivity index is 1.47. The lowest BCUT2D eigenvalue weighted by atomic mass is 10.1. The summed E-state index contributed by atoms with van der Waals surface area (Å²) in [5.41, 5.74) is 1.05. The van der Waals surface area contributed by atoms with Crippen LogP contribution >= 0.6 is 23.1 Å². The highest BCUT2D eigenvalue weighted by Gasteiger charge is 2.29. The second-order valence-electron chi connectivity index (χ2n) is 8.06. The predicted octanol–water partition coefficient (Wildman–Crippen LogP) is 4.03. The monoisotopic (exact) mass is 469 g/mol. The zero-order valence-corrected chi connectivity index (χ0v) is 20.1. The number of hydrogen-bond acceptors (Lipinski definition) is 10. The summed E-state index contributed by atoms with van der Waals surface area (Å²) in [5.74, 6) is 1.62. The van der Waals surface area contributed by atoms with Gasteiger partial charge in [-0.3, -0.25) is 10.1 Å². The third-order valence-corrected chi connectivity index (χ3v) is 6.54. The Kier molecular flexibility index (Phi) is 7.33. The van der Waals surface area contributed by atoms with Gasteiger partial charge in [0, 0.05) is 41.4 Å². The molecular weight excluding hydrogens is 442 g/mol. The number of carbonyl (C=O) groups excluding carboxylic acids is 1. The summed E-state index contributed by atoms with van der Waals surface area (Å²) in [4.78, 5) is 34.2. The van der Waals surface area contributed by atoms with Crippen LogP contribution in [0.25, 0.3) is 0 Å². The van der Waals surface area contributed by atoms with Gasteiger partial charge in [0.05, 0.1) is 0 Å². The topological polar surface area (TPSA) is 95.9 Å². The lowest BCUT2D eigenvalue weighted by Gasteiger charge is -2.12. The number of aryl methyl sites for hydroxylation is 1. The number of Topliss-reactive ketones (excluding diaryl/α,β-unsaturated/α-hetero) is 1. The van der Waals surface area contributed by atoms with E-state index in [0.717, 1.165) is 46.4 Å². The third-order valence-electron chi connectivity index (χ3n) is 4.84. The number of benzene rings is 1. The fourth-order valence-corrected chi connectivity index (χ4v) is 4.37. The average Bonchev–Trinajstić information content (AvgIpc) is 3.52. The van der Waals surface area contributed by atoms with Crippen LogP contribution in [0.15, 0.2) is 40.5 Å². The van der Waals surface area contributed by atoms with Crippen LogP contribution in [-0.4, -0.2) is 57.8 Å². The highest BCUT2D eigenvalue weighted by molar-refractivity contribution is 7.99. The molecule has 0 amide bonds. The van der Waals surface area contributed by atoms with Crippen molar-refractivity contribution in [2.75, 3.05) is 37.8 Å². The van der Waals surface area contributed by atoms with E-state index in [0.29, 0.717) is 35.2 Å². The fourth-order valence-electron chi connectivity index (χ4n) is 2.97. The molecule has 2 heterocycles. The van der Waals surface area contributed by atoms with Gasteiger partial charge in [-0.15, -0.1) is 11.3 Å². The molecule has 0 radical (unpaired) electrons. The van der Waals surface area contributed by atoms with Crippen LogP contribution in [0.3, 0.4) is 0 Å². The van der Waals surface area contributed by atoms with Crippen LogP contribution in [0.2, 0.25) is 0 Å². The molecule has 1 aliphatic carbocycles. The number of ketones is 1. The van der Waals surface area contributed by atoms with E-state index >= 15 is 0 Å². The van der Waals surface area contributed by atoms with E-state index in [9.17, 15) is 4.79 Å². The second-order valence-corrected chi connectivity index (χ2v) is 10.3. The van der Waals surface area contributed by atoms with Gasteiger partial charge >= 0.3 is 0 Å². The van der Waals surface area contributed by atoms with Crippen LogP contribution in [0.4, 0.5) is 17.0 Å². The molecule has 1 aromatic carbocycles. The maximum Gasteiger partial charge on any atom is 0.234 e. The van der Waals surface area contributed by atoms with Crippen molar-refractivity contribution in [2.24, 2.45) is 5.92 Å². The predicted molar refractivity (Wildman–Crippen MR) is 129 cm³/mol. The molecule has 10 heteroatoms. The Morgan fingerprint density at radius 3 is 2.56 bits per heavy atom. The summed E-state index contributed by atoms with van der Waals surface area (Å²) < 4.78 is 0. The second kappa shape index (κ2) is 10.4. The molecule has 0 atom stereocenters. The number of likely N-dealkylation sites (N-methyl/N-ethyl adjacent to an activating group) is 1. The van der Waals surface area contributed by atoms with Gasteiger partial charge in [0.25, 0.3) is 0 Å². The molecule has 2 N–H and O–H groups in total. The highest BCUT2D eigenvalue weighted by Crippen LogP contribution is 2.32. The molecule has 0 bridgehead atoms. The first-order valence-electron chi connectivity index (χ1n) is 10.6. The lowest BCUT2D eigenvalue weighted by molar-refractivity contribution is -0.119. The largest absolute Gasteiger partial charge is 0.353 e. The molecule has 0 saturated heterocycles. The maximum absolute atomic E-state index is 12.1. The number of anilines is 3. The van der Waals surface area contributed by atoms with Crippen LogP contribution < -0.4 is 10.6 Å². The lowest BCUT2D eigenvalue weighted by Crippen LogP contribution is -2.21. The van der Waals surface area contributed by atoms with Crippen molar-refractivity contribution in [1.29, 1.82) is 0 Å². The summed E-state index contributed by atoms with van der Waals surface area (Å²) in [6.45, 7) is 3.60. The first-order chi connectivity index (χ1) is 15.4. The van der Waals surface area contributed by atoms with Crippen molar-refractivity contribution < 1.29 is 4.79 Å². The van der Waals surface area contributed by atoms with Crippen molar-refractivity contribution in [3.05, 3.63) is 40.9 Å². The van der Waals surface area contributed by atoms with Crippen molar-refractivity contribution in [2.45, 2.75) is 36.2 Å². The summed E-state index contributed by atoms with van der Waals surface area (Å²) in [5, 5.41) is 7.78. The molecule has 1 fully saturated rings. The van der Waals surface area contributed by atoms with E-state index in [-0.39, 0.29) is 0 Å². The molecule has 0 unspecified atom stereocenters. The van der Waals surface area contributed by atoms with Gasteiger partial charge in [0.1, 0.15) is 5.78 Å².